The lowest BCUT2D eigenvalue weighted by atomic mass is 10.0. The third kappa shape index (κ3) is 3.30. The minimum absolute atomic E-state index is 0.138. The van der Waals surface area contributed by atoms with E-state index in [1.165, 1.54) is 0 Å². The molecular formula is C15H14Cl2N2O. The molecule has 0 saturated carbocycles. The molecule has 1 aromatic carbocycles. The highest BCUT2D eigenvalue weighted by atomic mass is 35.5. The molecule has 0 radical (unpaired) electrons. The van der Waals surface area contributed by atoms with Gasteiger partial charge >= 0.3 is 0 Å². The lowest BCUT2D eigenvalue weighted by Crippen LogP contribution is -2.28. The Morgan fingerprint density at radius 3 is 2.60 bits per heavy atom. The summed E-state index contributed by atoms with van der Waals surface area (Å²) in [5, 5.41) is 3.40. The number of carbonyl (C=O) groups excluding carboxylic acids is 1. The number of halogens is 2. The Morgan fingerprint density at radius 1 is 1.20 bits per heavy atom. The summed E-state index contributed by atoms with van der Waals surface area (Å²) >= 11 is 11.8. The van der Waals surface area contributed by atoms with E-state index in [9.17, 15) is 4.79 Å². The first-order valence-corrected chi connectivity index (χ1v) is 6.93. The number of aromatic nitrogens is 1. The van der Waals surface area contributed by atoms with E-state index in [2.05, 4.69) is 10.3 Å². The van der Waals surface area contributed by atoms with Crippen LogP contribution in [-0.2, 0) is 0 Å². The molecule has 1 unspecified atom stereocenters. The maximum Gasteiger partial charge on any atom is 0.271 e. The highest BCUT2D eigenvalue weighted by Gasteiger charge is 2.17. The van der Waals surface area contributed by atoms with Crippen molar-refractivity contribution in [3.63, 3.8) is 0 Å². The molecule has 3 nitrogen and oxygen atoms in total. The van der Waals surface area contributed by atoms with Gasteiger partial charge in [-0.05, 0) is 37.1 Å². The summed E-state index contributed by atoms with van der Waals surface area (Å²) < 4.78 is 0. The molecule has 0 bridgehead atoms. The molecule has 0 aliphatic carbocycles. The van der Waals surface area contributed by atoms with Crippen molar-refractivity contribution in [3.05, 3.63) is 63.4 Å². The van der Waals surface area contributed by atoms with Crippen molar-refractivity contribution in [2.75, 3.05) is 0 Å². The first-order valence-electron chi connectivity index (χ1n) is 6.17. The van der Waals surface area contributed by atoms with Gasteiger partial charge in [0.05, 0.1) is 11.1 Å². The monoisotopic (exact) mass is 308 g/mol. The number of rotatable bonds is 3. The van der Waals surface area contributed by atoms with Gasteiger partial charge in [-0.1, -0.05) is 47.5 Å². The van der Waals surface area contributed by atoms with Gasteiger partial charge in [0.1, 0.15) is 10.8 Å². The zero-order valence-corrected chi connectivity index (χ0v) is 12.7. The molecule has 2 aromatic rings. The Labute approximate surface area is 127 Å². The average molecular weight is 309 g/mol. The summed E-state index contributed by atoms with van der Waals surface area (Å²) in [7, 11) is 0. The van der Waals surface area contributed by atoms with Gasteiger partial charge in [-0.15, -0.1) is 0 Å². The van der Waals surface area contributed by atoms with Gasteiger partial charge in [-0.25, -0.2) is 4.98 Å². The highest BCUT2D eigenvalue weighted by molar-refractivity contribution is 6.34. The normalized spacial score (nSPS) is 12.0. The van der Waals surface area contributed by atoms with Gasteiger partial charge in [0.25, 0.3) is 5.91 Å². The lowest BCUT2D eigenvalue weighted by Gasteiger charge is -2.16. The minimum Gasteiger partial charge on any atom is -0.344 e. The van der Waals surface area contributed by atoms with Gasteiger partial charge in [0.15, 0.2) is 0 Å². The number of nitrogens with zero attached hydrogens (tertiary/aromatic N) is 1. The molecule has 1 amide bonds. The highest BCUT2D eigenvalue weighted by Crippen LogP contribution is 2.20. The Balaban J connectivity index is 2.20. The summed E-state index contributed by atoms with van der Waals surface area (Å²) in [6.07, 6.45) is 0. The number of hydrogen-bond donors (Lipinski definition) is 1. The number of pyridine rings is 1. The van der Waals surface area contributed by atoms with Crippen LogP contribution in [0.1, 0.15) is 34.6 Å². The summed E-state index contributed by atoms with van der Waals surface area (Å²) in [6.45, 7) is 3.92. The van der Waals surface area contributed by atoms with E-state index in [0.29, 0.717) is 0 Å². The number of amides is 1. The van der Waals surface area contributed by atoms with Crippen LogP contribution in [0.15, 0.2) is 36.4 Å². The van der Waals surface area contributed by atoms with Crippen LogP contribution in [0.3, 0.4) is 0 Å². The van der Waals surface area contributed by atoms with Gasteiger partial charge in [-0.2, -0.15) is 0 Å². The van der Waals surface area contributed by atoms with E-state index in [1.807, 2.05) is 38.1 Å². The number of benzene rings is 1. The van der Waals surface area contributed by atoms with Crippen LogP contribution in [0.2, 0.25) is 10.2 Å². The average Bonchev–Trinajstić information content (AvgIpc) is 2.41. The van der Waals surface area contributed by atoms with Gasteiger partial charge < -0.3 is 5.32 Å². The van der Waals surface area contributed by atoms with Crippen molar-refractivity contribution in [2.45, 2.75) is 19.9 Å². The summed E-state index contributed by atoms with van der Waals surface area (Å²) in [5.41, 5.74) is 2.31. The van der Waals surface area contributed by atoms with Crippen molar-refractivity contribution < 1.29 is 4.79 Å². The molecule has 1 atom stereocenters. The van der Waals surface area contributed by atoms with Crippen LogP contribution in [0.25, 0.3) is 0 Å². The Morgan fingerprint density at radius 2 is 1.90 bits per heavy atom. The zero-order valence-electron chi connectivity index (χ0n) is 11.2. The molecule has 20 heavy (non-hydrogen) atoms. The second kappa shape index (κ2) is 6.25. The molecule has 1 heterocycles. The summed E-state index contributed by atoms with van der Waals surface area (Å²) in [4.78, 5) is 16.2. The molecule has 0 aliphatic rings. The van der Waals surface area contributed by atoms with Gasteiger partial charge in [-0.3, -0.25) is 4.79 Å². The van der Waals surface area contributed by atoms with Crippen LogP contribution >= 0.6 is 23.2 Å². The van der Waals surface area contributed by atoms with Crippen LogP contribution in [-0.4, -0.2) is 10.9 Å². The fraction of sp³-hybridized carbons (Fsp3) is 0.200. The smallest absolute Gasteiger partial charge is 0.271 e. The number of hydrogen-bond acceptors (Lipinski definition) is 2. The van der Waals surface area contributed by atoms with Crippen LogP contribution in [0.4, 0.5) is 0 Å². The molecule has 0 fully saturated rings. The van der Waals surface area contributed by atoms with Crippen molar-refractivity contribution in [3.8, 4) is 0 Å². The van der Waals surface area contributed by atoms with Crippen LogP contribution < -0.4 is 5.32 Å². The Hall–Kier alpha value is -1.58. The third-order valence-corrected chi connectivity index (χ3v) is 3.55. The van der Waals surface area contributed by atoms with E-state index in [4.69, 9.17) is 23.2 Å². The number of aryl methyl sites for hydroxylation is 1. The Kier molecular flexibility index (Phi) is 4.63. The van der Waals surface area contributed by atoms with E-state index in [1.54, 1.807) is 12.1 Å². The molecule has 0 saturated heterocycles. The second-order valence-corrected chi connectivity index (χ2v) is 5.31. The number of carbonyl (C=O) groups is 1. The number of nitrogens with one attached hydrogen (secondary N) is 1. The molecule has 5 heteroatoms. The summed E-state index contributed by atoms with van der Waals surface area (Å²) in [6, 6.07) is 10.9. The standard InChI is InChI=1S/C15H14Cl2N2O/c1-9-5-3-4-6-11(9)10(2)18-15(20)14-12(16)7-8-13(17)19-14/h3-8,10H,1-2H3,(H,18,20). The van der Waals surface area contributed by atoms with Crippen molar-refractivity contribution >= 4 is 29.1 Å². The predicted octanol–water partition coefficient (Wildman–Crippen LogP) is 4.19. The van der Waals surface area contributed by atoms with Gasteiger partial charge in [0.2, 0.25) is 0 Å². The minimum atomic E-state index is -0.340. The maximum atomic E-state index is 12.2. The Bertz CT molecular complexity index is 644. The maximum absolute atomic E-state index is 12.2. The summed E-state index contributed by atoms with van der Waals surface area (Å²) in [5.74, 6) is -0.340. The van der Waals surface area contributed by atoms with Crippen molar-refractivity contribution in [1.29, 1.82) is 0 Å². The van der Waals surface area contributed by atoms with Crippen LogP contribution in [0, 0.1) is 6.92 Å². The predicted molar refractivity (Wildman–Crippen MR) is 81.3 cm³/mol. The second-order valence-electron chi connectivity index (χ2n) is 4.52. The molecule has 1 N–H and O–H groups in total. The van der Waals surface area contributed by atoms with E-state index in [-0.39, 0.29) is 27.8 Å². The van der Waals surface area contributed by atoms with Crippen molar-refractivity contribution in [1.82, 2.24) is 10.3 Å². The topological polar surface area (TPSA) is 42.0 Å². The van der Waals surface area contributed by atoms with E-state index >= 15 is 0 Å². The zero-order chi connectivity index (χ0) is 14.7. The lowest BCUT2D eigenvalue weighted by molar-refractivity contribution is 0.0935. The van der Waals surface area contributed by atoms with Crippen LogP contribution in [0.5, 0.6) is 0 Å². The molecule has 0 spiro atoms. The molecular weight excluding hydrogens is 295 g/mol. The van der Waals surface area contributed by atoms with E-state index in [0.717, 1.165) is 11.1 Å². The quantitative estimate of drug-likeness (QED) is 0.864. The first kappa shape index (κ1) is 14.8. The van der Waals surface area contributed by atoms with Crippen molar-refractivity contribution in [2.24, 2.45) is 0 Å². The molecule has 0 aliphatic heterocycles. The fourth-order valence-corrected chi connectivity index (χ4v) is 2.33. The SMILES string of the molecule is Cc1ccccc1C(C)NC(=O)c1nc(Cl)ccc1Cl. The first-order chi connectivity index (χ1) is 9.49. The largest absolute Gasteiger partial charge is 0.344 e. The molecule has 2 rings (SSSR count). The third-order valence-electron chi connectivity index (χ3n) is 3.03. The van der Waals surface area contributed by atoms with Gasteiger partial charge in [0, 0.05) is 0 Å². The molecule has 1 aromatic heterocycles. The molecule has 104 valence electrons. The van der Waals surface area contributed by atoms with E-state index < -0.39 is 0 Å². The fourth-order valence-electron chi connectivity index (χ4n) is 1.99.